The molecule has 0 spiro atoms. The Morgan fingerprint density at radius 2 is 2.13 bits per heavy atom. The predicted molar refractivity (Wildman–Crippen MR) is 112 cm³/mol. The smallest absolute Gasteiger partial charge is 0.263 e. The normalized spacial score (nSPS) is 21.9. The molecule has 9 nitrogen and oxygen atoms in total. The molecule has 3 aromatic rings. The van der Waals surface area contributed by atoms with Crippen LogP contribution in [0.25, 0.3) is 0 Å². The minimum atomic E-state index is -3.75. The van der Waals surface area contributed by atoms with Crippen LogP contribution in [0.2, 0.25) is 0 Å². The second kappa shape index (κ2) is 7.64. The molecule has 0 amide bonds. The van der Waals surface area contributed by atoms with Gasteiger partial charge in [-0.1, -0.05) is 6.07 Å². The van der Waals surface area contributed by atoms with Gasteiger partial charge in [-0.15, -0.1) is 0 Å². The van der Waals surface area contributed by atoms with Crippen molar-refractivity contribution in [1.82, 2.24) is 24.0 Å². The average Bonchev–Trinajstić information content (AvgIpc) is 3.48. The molecule has 0 unspecified atom stereocenters. The number of hydrogen-bond acceptors (Lipinski definition) is 8. The molecule has 0 saturated carbocycles. The van der Waals surface area contributed by atoms with E-state index < -0.39 is 10.0 Å². The number of aromatic nitrogens is 4. The average molecular weight is 447 g/mol. The molecule has 0 aliphatic carbocycles. The highest BCUT2D eigenvalue weighted by molar-refractivity contribution is 7.93. The molecule has 2 aliphatic rings. The maximum atomic E-state index is 12.7. The van der Waals surface area contributed by atoms with E-state index in [1.165, 1.54) is 12.0 Å². The first-order chi connectivity index (χ1) is 14.5. The van der Waals surface area contributed by atoms with Gasteiger partial charge in [-0.05, 0) is 31.5 Å². The van der Waals surface area contributed by atoms with Crippen LogP contribution in [-0.2, 0) is 17.1 Å². The van der Waals surface area contributed by atoms with Crippen molar-refractivity contribution in [2.75, 3.05) is 17.9 Å². The van der Waals surface area contributed by atoms with E-state index in [0.29, 0.717) is 18.4 Å². The van der Waals surface area contributed by atoms with Crippen molar-refractivity contribution in [3.8, 4) is 5.75 Å². The maximum Gasteiger partial charge on any atom is 0.263 e. The van der Waals surface area contributed by atoms with E-state index in [2.05, 4.69) is 30.1 Å². The molecule has 2 aromatic heterocycles. The molecule has 30 heavy (non-hydrogen) atoms. The van der Waals surface area contributed by atoms with Crippen LogP contribution < -0.4 is 9.46 Å². The van der Waals surface area contributed by atoms with Crippen molar-refractivity contribution in [1.29, 1.82) is 0 Å². The van der Waals surface area contributed by atoms with Gasteiger partial charge in [0.2, 0.25) is 5.13 Å². The first kappa shape index (κ1) is 19.5. The molecule has 2 aliphatic heterocycles. The zero-order chi connectivity index (χ0) is 20.7. The molecule has 0 bridgehead atoms. The topological polar surface area (TPSA) is 102 Å². The van der Waals surface area contributed by atoms with E-state index in [4.69, 9.17) is 4.74 Å². The summed E-state index contributed by atoms with van der Waals surface area (Å²) >= 11 is 0.994. The summed E-state index contributed by atoms with van der Waals surface area (Å²) in [6.07, 6.45) is 6.24. The highest BCUT2D eigenvalue weighted by Crippen LogP contribution is 2.44. The van der Waals surface area contributed by atoms with E-state index in [0.717, 1.165) is 42.9 Å². The molecule has 4 heterocycles. The van der Waals surface area contributed by atoms with Crippen molar-refractivity contribution in [2.24, 2.45) is 7.05 Å². The SMILES string of the molecule is Cn1nccc1[C@@H]1CCCN1[C@H]1CCOc2cc(S(=O)(=O)Nc3ncns3)ccc21. The van der Waals surface area contributed by atoms with Crippen LogP contribution in [0.4, 0.5) is 5.13 Å². The van der Waals surface area contributed by atoms with Gasteiger partial charge in [-0.3, -0.25) is 14.3 Å². The molecule has 2 atom stereocenters. The number of ether oxygens (including phenoxy) is 1. The fraction of sp³-hybridized carbons (Fsp3) is 0.421. The maximum absolute atomic E-state index is 12.7. The summed E-state index contributed by atoms with van der Waals surface area (Å²) in [6, 6.07) is 7.70. The molecular formula is C19H22N6O3S2. The molecule has 1 N–H and O–H groups in total. The number of anilines is 1. The summed E-state index contributed by atoms with van der Waals surface area (Å²) < 4.78 is 39.5. The number of sulfonamides is 1. The van der Waals surface area contributed by atoms with Gasteiger partial charge >= 0.3 is 0 Å². The van der Waals surface area contributed by atoms with Crippen molar-refractivity contribution in [3.05, 3.63) is 48.0 Å². The molecule has 1 saturated heterocycles. The second-order valence-electron chi connectivity index (χ2n) is 7.48. The Bertz CT molecular complexity index is 1140. The fourth-order valence-electron chi connectivity index (χ4n) is 4.45. The third-order valence-electron chi connectivity index (χ3n) is 5.78. The molecular weight excluding hydrogens is 424 g/mol. The van der Waals surface area contributed by atoms with E-state index in [9.17, 15) is 8.42 Å². The minimum Gasteiger partial charge on any atom is -0.493 e. The van der Waals surface area contributed by atoms with Crippen LogP contribution in [-0.4, -0.2) is 45.6 Å². The van der Waals surface area contributed by atoms with Crippen molar-refractivity contribution in [3.63, 3.8) is 0 Å². The second-order valence-corrected chi connectivity index (χ2v) is 9.94. The van der Waals surface area contributed by atoms with E-state index >= 15 is 0 Å². The van der Waals surface area contributed by atoms with Crippen LogP contribution in [0.1, 0.15) is 42.6 Å². The number of aryl methyl sites for hydroxylation is 1. The van der Waals surface area contributed by atoms with Gasteiger partial charge in [0, 0.05) is 48.9 Å². The lowest BCUT2D eigenvalue weighted by Gasteiger charge is -2.37. The first-order valence-electron chi connectivity index (χ1n) is 9.83. The number of nitrogens with one attached hydrogen (secondary N) is 1. The van der Waals surface area contributed by atoms with E-state index in [-0.39, 0.29) is 16.1 Å². The van der Waals surface area contributed by atoms with Gasteiger partial charge in [0.05, 0.1) is 23.2 Å². The van der Waals surface area contributed by atoms with Gasteiger partial charge in [0.25, 0.3) is 10.0 Å². The summed E-state index contributed by atoms with van der Waals surface area (Å²) in [5.41, 5.74) is 2.24. The number of benzene rings is 1. The molecule has 1 aromatic carbocycles. The van der Waals surface area contributed by atoms with E-state index in [1.807, 2.05) is 24.0 Å². The first-order valence-corrected chi connectivity index (χ1v) is 12.1. The zero-order valence-corrected chi connectivity index (χ0v) is 18.1. The van der Waals surface area contributed by atoms with Gasteiger partial charge in [-0.25, -0.2) is 13.4 Å². The Balaban J connectivity index is 1.44. The number of likely N-dealkylation sites (tertiary alicyclic amines) is 1. The number of hydrogen-bond donors (Lipinski definition) is 1. The Morgan fingerprint density at radius 3 is 2.90 bits per heavy atom. The van der Waals surface area contributed by atoms with Crippen LogP contribution in [0.15, 0.2) is 41.7 Å². The van der Waals surface area contributed by atoms with Crippen LogP contribution in [0.5, 0.6) is 5.75 Å². The molecule has 1 fully saturated rings. The minimum absolute atomic E-state index is 0.154. The summed E-state index contributed by atoms with van der Waals surface area (Å²) in [7, 11) is -1.77. The number of fused-ring (bicyclic) bond motifs is 1. The Labute approximate surface area is 178 Å². The lowest BCUT2D eigenvalue weighted by Crippen LogP contribution is -2.33. The monoisotopic (exact) mass is 446 g/mol. The lowest BCUT2D eigenvalue weighted by atomic mass is 9.97. The predicted octanol–water partition coefficient (Wildman–Crippen LogP) is 2.73. The standard InChI is InChI=1S/C19H22N6O3S2/c1-24-16(6-8-21-24)17-3-2-9-25(17)15-7-10-28-18-11-13(4-5-14(15)18)30(26,27)23-19-20-12-22-29-19/h4-6,8,11-12,15,17H,2-3,7,9-10H2,1H3,(H,20,22,23)/t15-,17-/m0/s1. The van der Waals surface area contributed by atoms with E-state index in [1.54, 1.807) is 12.1 Å². The highest BCUT2D eigenvalue weighted by atomic mass is 32.2. The lowest BCUT2D eigenvalue weighted by molar-refractivity contribution is 0.124. The van der Waals surface area contributed by atoms with Crippen molar-refractivity contribution < 1.29 is 13.2 Å². The van der Waals surface area contributed by atoms with Crippen LogP contribution >= 0.6 is 11.5 Å². The van der Waals surface area contributed by atoms with Gasteiger partial charge in [-0.2, -0.15) is 9.47 Å². The zero-order valence-electron chi connectivity index (χ0n) is 16.4. The molecule has 158 valence electrons. The largest absolute Gasteiger partial charge is 0.493 e. The Kier molecular flexibility index (Phi) is 4.95. The Hall–Kier alpha value is -2.50. The van der Waals surface area contributed by atoms with Gasteiger partial charge in [0.1, 0.15) is 12.1 Å². The molecule has 11 heteroatoms. The van der Waals surface area contributed by atoms with Gasteiger partial charge in [0.15, 0.2) is 0 Å². The summed E-state index contributed by atoms with van der Waals surface area (Å²) in [5.74, 6) is 0.627. The quantitative estimate of drug-likeness (QED) is 0.643. The number of rotatable bonds is 5. The number of nitrogens with zero attached hydrogens (tertiary/aromatic N) is 5. The highest BCUT2D eigenvalue weighted by Gasteiger charge is 2.37. The third-order valence-corrected chi connectivity index (χ3v) is 7.83. The molecule has 0 radical (unpaired) electrons. The molecule has 5 rings (SSSR count). The summed E-state index contributed by atoms with van der Waals surface area (Å²) in [5, 5.41) is 4.58. The van der Waals surface area contributed by atoms with Crippen LogP contribution in [0.3, 0.4) is 0 Å². The van der Waals surface area contributed by atoms with Gasteiger partial charge < -0.3 is 4.74 Å². The van der Waals surface area contributed by atoms with Crippen molar-refractivity contribution in [2.45, 2.75) is 36.2 Å². The summed E-state index contributed by atoms with van der Waals surface area (Å²) in [6.45, 7) is 1.55. The fourth-order valence-corrected chi connectivity index (χ4v) is 6.12. The summed E-state index contributed by atoms with van der Waals surface area (Å²) in [4.78, 5) is 6.55. The van der Waals surface area contributed by atoms with Crippen molar-refractivity contribution >= 4 is 26.7 Å². The Morgan fingerprint density at radius 1 is 1.23 bits per heavy atom. The van der Waals surface area contributed by atoms with Crippen LogP contribution in [0, 0.1) is 0 Å². The third kappa shape index (κ3) is 3.46.